The number of rotatable bonds is 6. The first kappa shape index (κ1) is 17.3. The Labute approximate surface area is 155 Å². The van der Waals surface area contributed by atoms with E-state index in [-0.39, 0.29) is 11.8 Å². The summed E-state index contributed by atoms with van der Waals surface area (Å²) in [5.41, 5.74) is 1.64. The van der Waals surface area contributed by atoms with E-state index in [1.807, 2.05) is 6.92 Å². The zero-order chi connectivity index (χ0) is 19.0. The highest BCUT2D eigenvalue weighted by Gasteiger charge is 2.40. The topological polar surface area (TPSA) is 77.8 Å². The van der Waals surface area contributed by atoms with Crippen molar-refractivity contribution in [1.29, 1.82) is 0 Å². The number of fused-ring (bicyclic) bond motifs is 1. The molecule has 0 bridgehead atoms. The molecule has 1 aliphatic carbocycles. The lowest BCUT2D eigenvalue weighted by Gasteiger charge is -2.11. The average Bonchev–Trinajstić information content (AvgIpc) is 3.25. The summed E-state index contributed by atoms with van der Waals surface area (Å²) >= 11 is 0. The van der Waals surface area contributed by atoms with Crippen LogP contribution in [0.25, 0.3) is 5.65 Å². The molecule has 1 N–H and O–H groups in total. The summed E-state index contributed by atoms with van der Waals surface area (Å²) in [5, 5.41) is 2.74. The van der Waals surface area contributed by atoms with E-state index in [4.69, 9.17) is 9.47 Å². The van der Waals surface area contributed by atoms with Crippen molar-refractivity contribution in [2.75, 3.05) is 19.0 Å². The van der Waals surface area contributed by atoms with Gasteiger partial charge >= 0.3 is 0 Å². The third-order valence-corrected chi connectivity index (χ3v) is 4.38. The number of imidazole rings is 1. The molecule has 27 heavy (non-hydrogen) atoms. The van der Waals surface area contributed by atoms with Gasteiger partial charge in [0.25, 0.3) is 5.91 Å². The Morgan fingerprint density at radius 2 is 2.19 bits per heavy atom. The summed E-state index contributed by atoms with van der Waals surface area (Å²) in [7, 11) is 1.51. The van der Waals surface area contributed by atoms with Crippen LogP contribution in [0.3, 0.4) is 0 Å². The second-order valence-electron chi connectivity index (χ2n) is 6.29. The van der Waals surface area contributed by atoms with Gasteiger partial charge in [0, 0.05) is 30.4 Å². The molecule has 1 saturated carbocycles. The number of aromatic nitrogens is 3. The molecule has 1 amide bonds. The van der Waals surface area contributed by atoms with Gasteiger partial charge in [0.15, 0.2) is 0 Å². The largest absolute Gasteiger partial charge is 0.493 e. The number of nitrogens with one attached hydrogen (secondary N) is 1. The number of hydrogen-bond acceptors (Lipinski definition) is 5. The molecule has 8 heteroatoms. The van der Waals surface area contributed by atoms with Crippen molar-refractivity contribution in [2.45, 2.75) is 25.4 Å². The molecule has 0 spiro atoms. The summed E-state index contributed by atoms with van der Waals surface area (Å²) in [6.45, 7) is 2.24. The highest BCUT2D eigenvalue weighted by molar-refractivity contribution is 6.05. The first-order valence-electron chi connectivity index (χ1n) is 8.71. The zero-order valence-corrected chi connectivity index (χ0v) is 15.0. The predicted molar refractivity (Wildman–Crippen MR) is 97.4 cm³/mol. The summed E-state index contributed by atoms with van der Waals surface area (Å²) < 4.78 is 25.8. The van der Waals surface area contributed by atoms with Crippen LogP contribution in [0.4, 0.5) is 10.2 Å². The molecule has 0 unspecified atom stereocenters. The third-order valence-electron chi connectivity index (χ3n) is 4.38. The van der Waals surface area contributed by atoms with E-state index < -0.39 is 6.17 Å². The summed E-state index contributed by atoms with van der Waals surface area (Å²) in [5.74, 6) is 0.657. The number of pyridine rings is 2. The van der Waals surface area contributed by atoms with Crippen LogP contribution in [0.5, 0.6) is 11.6 Å². The van der Waals surface area contributed by atoms with Crippen LogP contribution in [0.15, 0.2) is 36.7 Å². The van der Waals surface area contributed by atoms with Gasteiger partial charge in [-0.25, -0.2) is 9.37 Å². The number of carbonyl (C=O) groups excluding carboxylic acids is 1. The van der Waals surface area contributed by atoms with Gasteiger partial charge in [0.1, 0.15) is 23.4 Å². The van der Waals surface area contributed by atoms with Crippen molar-refractivity contribution in [2.24, 2.45) is 0 Å². The molecule has 0 aromatic carbocycles. The Kier molecular flexibility index (Phi) is 4.39. The Bertz CT molecular complexity index is 1000. The van der Waals surface area contributed by atoms with Crippen LogP contribution in [0, 0.1) is 0 Å². The van der Waals surface area contributed by atoms with Crippen LogP contribution in [0.2, 0.25) is 0 Å². The predicted octanol–water partition coefficient (Wildman–Crippen LogP) is 3.21. The first-order chi connectivity index (χ1) is 13.1. The average molecular weight is 370 g/mol. The minimum absolute atomic E-state index is 0.154. The van der Waals surface area contributed by atoms with Crippen molar-refractivity contribution in [1.82, 2.24) is 14.4 Å². The van der Waals surface area contributed by atoms with E-state index in [2.05, 4.69) is 15.3 Å². The lowest BCUT2D eigenvalue weighted by molar-refractivity contribution is 0.102. The molecule has 140 valence electrons. The number of nitrogens with zero attached hydrogens (tertiary/aromatic N) is 3. The molecule has 1 aliphatic rings. The number of hydrogen-bond donors (Lipinski definition) is 1. The van der Waals surface area contributed by atoms with Crippen molar-refractivity contribution < 1.29 is 18.7 Å². The maximum atomic E-state index is 13.3. The number of carbonyl (C=O) groups is 1. The smallest absolute Gasteiger partial charge is 0.262 e. The molecule has 7 nitrogen and oxygen atoms in total. The lowest BCUT2D eigenvalue weighted by atomic mass is 10.2. The quantitative estimate of drug-likeness (QED) is 0.721. The molecule has 2 atom stereocenters. The third kappa shape index (κ3) is 3.42. The van der Waals surface area contributed by atoms with Crippen LogP contribution >= 0.6 is 0 Å². The number of methoxy groups -OCH3 is 1. The molecule has 3 aromatic heterocycles. The number of halogens is 1. The number of alkyl halides is 1. The van der Waals surface area contributed by atoms with Gasteiger partial charge in [-0.1, -0.05) is 6.07 Å². The molecule has 3 aromatic rings. The molecular formula is C19H19FN4O3. The fourth-order valence-corrected chi connectivity index (χ4v) is 2.91. The Morgan fingerprint density at radius 3 is 2.89 bits per heavy atom. The summed E-state index contributed by atoms with van der Waals surface area (Å²) in [4.78, 5) is 21.4. The van der Waals surface area contributed by atoms with Gasteiger partial charge in [-0.3, -0.25) is 4.79 Å². The normalized spacial score (nSPS) is 18.3. The zero-order valence-electron chi connectivity index (χ0n) is 15.0. The van der Waals surface area contributed by atoms with Crippen molar-refractivity contribution >= 4 is 17.4 Å². The molecule has 0 saturated heterocycles. The monoisotopic (exact) mass is 370 g/mol. The summed E-state index contributed by atoms with van der Waals surface area (Å²) in [6.07, 6.45) is 3.07. The van der Waals surface area contributed by atoms with Gasteiger partial charge in [-0.15, -0.1) is 0 Å². The minimum atomic E-state index is -0.830. The SMILES string of the molecule is CCOc1cc2nc([C@H]3C[C@@H]3F)cn2cc1C(=O)Nc1cccc(OC)n1. The number of ether oxygens (including phenoxy) is 2. The number of amides is 1. The van der Waals surface area contributed by atoms with E-state index in [9.17, 15) is 9.18 Å². The maximum Gasteiger partial charge on any atom is 0.262 e. The molecular weight excluding hydrogens is 351 g/mol. The second kappa shape index (κ2) is 6.86. The molecule has 0 radical (unpaired) electrons. The Balaban J connectivity index is 1.67. The van der Waals surface area contributed by atoms with Gasteiger partial charge < -0.3 is 19.2 Å². The van der Waals surface area contributed by atoms with E-state index >= 15 is 0 Å². The summed E-state index contributed by atoms with van der Waals surface area (Å²) in [6, 6.07) is 6.79. The lowest BCUT2D eigenvalue weighted by Crippen LogP contribution is -2.15. The molecule has 3 heterocycles. The van der Waals surface area contributed by atoms with Crippen molar-refractivity contribution in [3.05, 3.63) is 47.9 Å². The van der Waals surface area contributed by atoms with E-state index in [1.54, 1.807) is 41.1 Å². The highest BCUT2D eigenvalue weighted by Crippen LogP contribution is 2.43. The van der Waals surface area contributed by atoms with Crippen LogP contribution < -0.4 is 14.8 Å². The van der Waals surface area contributed by atoms with Crippen LogP contribution in [0.1, 0.15) is 35.3 Å². The van der Waals surface area contributed by atoms with Gasteiger partial charge in [-0.2, -0.15) is 4.98 Å². The standard InChI is InChI=1S/C19H19FN4O3/c1-3-27-15-8-17-21-14(11-7-13(11)20)10-24(17)9-12(15)19(25)23-16-5-4-6-18(22-16)26-2/h4-6,8-11,13H,3,7H2,1-2H3,(H,22,23,25)/t11-,13-/m0/s1. The fraction of sp³-hybridized carbons (Fsp3) is 0.316. The van der Waals surface area contributed by atoms with Crippen LogP contribution in [-0.4, -0.2) is 40.2 Å². The fourth-order valence-electron chi connectivity index (χ4n) is 2.91. The second-order valence-corrected chi connectivity index (χ2v) is 6.29. The van der Waals surface area contributed by atoms with E-state index in [0.717, 1.165) is 0 Å². The van der Waals surface area contributed by atoms with Gasteiger partial charge in [-0.05, 0) is 19.4 Å². The van der Waals surface area contributed by atoms with Gasteiger partial charge in [0.2, 0.25) is 5.88 Å². The van der Waals surface area contributed by atoms with Gasteiger partial charge in [0.05, 0.1) is 25.0 Å². The van der Waals surface area contributed by atoms with Crippen LogP contribution in [-0.2, 0) is 0 Å². The maximum absolute atomic E-state index is 13.3. The van der Waals surface area contributed by atoms with E-state index in [0.29, 0.717) is 47.4 Å². The van der Waals surface area contributed by atoms with Crippen molar-refractivity contribution in [3.63, 3.8) is 0 Å². The van der Waals surface area contributed by atoms with E-state index in [1.165, 1.54) is 7.11 Å². The number of anilines is 1. The Hall–Kier alpha value is -3.16. The Morgan fingerprint density at radius 1 is 1.37 bits per heavy atom. The highest BCUT2D eigenvalue weighted by atomic mass is 19.1. The molecule has 0 aliphatic heterocycles. The first-order valence-corrected chi connectivity index (χ1v) is 8.71. The van der Waals surface area contributed by atoms with Crippen molar-refractivity contribution in [3.8, 4) is 11.6 Å². The minimum Gasteiger partial charge on any atom is -0.493 e. The molecule has 1 fully saturated rings. The molecule has 4 rings (SSSR count).